The first-order valence-electron chi connectivity index (χ1n) is 6.90. The number of ether oxygens (including phenoxy) is 2. The standard InChI is InChI=1S/C18H19NO3/c1-13-4-8-15(9-5-13)19-18(20)11-7-14-6-10-16(21-2)12-17(14)22-3/h4-12H,1-3H3,(H,19,20). The number of nitrogens with one attached hydrogen (secondary N) is 1. The summed E-state index contributed by atoms with van der Waals surface area (Å²) in [6.45, 7) is 2.00. The number of carbonyl (C=O) groups excluding carboxylic acids is 1. The molecule has 0 spiro atoms. The van der Waals surface area contributed by atoms with Crippen molar-refractivity contribution < 1.29 is 14.3 Å². The molecule has 1 N–H and O–H groups in total. The van der Waals surface area contributed by atoms with Gasteiger partial charge in [-0.3, -0.25) is 4.79 Å². The van der Waals surface area contributed by atoms with Crippen LogP contribution >= 0.6 is 0 Å². The van der Waals surface area contributed by atoms with Crippen molar-refractivity contribution in [3.8, 4) is 11.5 Å². The molecule has 0 saturated heterocycles. The molecule has 114 valence electrons. The average Bonchev–Trinajstić information content (AvgIpc) is 2.55. The molecule has 0 radical (unpaired) electrons. The molecular formula is C18H19NO3. The van der Waals surface area contributed by atoms with Gasteiger partial charge in [-0.2, -0.15) is 0 Å². The smallest absolute Gasteiger partial charge is 0.248 e. The SMILES string of the molecule is COc1ccc(C=CC(=O)Nc2ccc(C)cc2)c(OC)c1. The van der Waals surface area contributed by atoms with Crippen molar-refractivity contribution in [1.82, 2.24) is 0 Å². The fraction of sp³-hybridized carbons (Fsp3) is 0.167. The van der Waals surface area contributed by atoms with E-state index in [-0.39, 0.29) is 5.91 Å². The van der Waals surface area contributed by atoms with Gasteiger partial charge >= 0.3 is 0 Å². The van der Waals surface area contributed by atoms with Gasteiger partial charge < -0.3 is 14.8 Å². The third-order valence-corrected chi connectivity index (χ3v) is 3.17. The third kappa shape index (κ3) is 4.12. The number of amides is 1. The first-order chi connectivity index (χ1) is 10.6. The molecule has 0 aliphatic rings. The molecule has 0 saturated carbocycles. The Morgan fingerprint density at radius 2 is 1.77 bits per heavy atom. The second kappa shape index (κ2) is 7.31. The highest BCUT2D eigenvalue weighted by Crippen LogP contribution is 2.25. The Bertz CT molecular complexity index is 675. The van der Waals surface area contributed by atoms with Crippen LogP contribution in [-0.2, 0) is 4.79 Å². The van der Waals surface area contributed by atoms with Gasteiger partial charge in [-0.25, -0.2) is 0 Å². The average molecular weight is 297 g/mol. The number of carbonyl (C=O) groups is 1. The number of aryl methyl sites for hydroxylation is 1. The lowest BCUT2D eigenvalue weighted by Gasteiger charge is -2.07. The van der Waals surface area contributed by atoms with Gasteiger partial charge in [0.15, 0.2) is 0 Å². The fourth-order valence-electron chi connectivity index (χ4n) is 1.94. The second-order valence-corrected chi connectivity index (χ2v) is 4.80. The van der Waals surface area contributed by atoms with Crippen molar-refractivity contribution >= 4 is 17.7 Å². The molecule has 1 amide bonds. The highest BCUT2D eigenvalue weighted by Gasteiger charge is 2.03. The summed E-state index contributed by atoms with van der Waals surface area (Å²) < 4.78 is 10.4. The summed E-state index contributed by atoms with van der Waals surface area (Å²) in [4.78, 5) is 11.9. The summed E-state index contributed by atoms with van der Waals surface area (Å²) in [5.41, 5.74) is 2.72. The summed E-state index contributed by atoms with van der Waals surface area (Å²) in [5, 5.41) is 2.81. The maximum atomic E-state index is 11.9. The summed E-state index contributed by atoms with van der Waals surface area (Å²) in [5.74, 6) is 1.17. The summed E-state index contributed by atoms with van der Waals surface area (Å²) in [6, 6.07) is 13.1. The van der Waals surface area contributed by atoms with Crippen molar-refractivity contribution in [3.63, 3.8) is 0 Å². The molecular weight excluding hydrogens is 278 g/mol. The molecule has 0 bridgehead atoms. The minimum Gasteiger partial charge on any atom is -0.497 e. The minimum atomic E-state index is -0.193. The lowest BCUT2D eigenvalue weighted by molar-refractivity contribution is -0.111. The maximum Gasteiger partial charge on any atom is 0.248 e. The van der Waals surface area contributed by atoms with E-state index >= 15 is 0 Å². The molecule has 0 aliphatic carbocycles. The number of rotatable bonds is 5. The molecule has 0 atom stereocenters. The van der Waals surface area contributed by atoms with Crippen LogP contribution in [0.4, 0.5) is 5.69 Å². The Balaban J connectivity index is 2.07. The van der Waals surface area contributed by atoms with E-state index in [1.807, 2.05) is 43.3 Å². The van der Waals surface area contributed by atoms with E-state index in [1.54, 1.807) is 26.4 Å². The normalized spacial score (nSPS) is 10.5. The maximum absolute atomic E-state index is 11.9. The van der Waals surface area contributed by atoms with Crippen LogP contribution < -0.4 is 14.8 Å². The number of benzene rings is 2. The van der Waals surface area contributed by atoms with E-state index in [1.165, 1.54) is 6.08 Å². The molecule has 2 rings (SSSR count). The first kappa shape index (κ1) is 15.6. The van der Waals surface area contributed by atoms with E-state index in [4.69, 9.17) is 9.47 Å². The zero-order chi connectivity index (χ0) is 15.9. The van der Waals surface area contributed by atoms with Crippen LogP contribution in [0.2, 0.25) is 0 Å². The Kier molecular flexibility index (Phi) is 5.20. The van der Waals surface area contributed by atoms with Gasteiger partial charge in [0.25, 0.3) is 0 Å². The number of methoxy groups -OCH3 is 2. The topological polar surface area (TPSA) is 47.6 Å². The predicted molar refractivity (Wildman–Crippen MR) is 88.4 cm³/mol. The van der Waals surface area contributed by atoms with Crippen molar-refractivity contribution in [2.24, 2.45) is 0 Å². The lowest BCUT2D eigenvalue weighted by Crippen LogP contribution is -2.07. The second-order valence-electron chi connectivity index (χ2n) is 4.80. The molecule has 2 aromatic rings. The zero-order valence-electron chi connectivity index (χ0n) is 12.9. The molecule has 2 aromatic carbocycles. The number of anilines is 1. The minimum absolute atomic E-state index is 0.193. The summed E-state index contributed by atoms with van der Waals surface area (Å²) in [7, 11) is 3.18. The van der Waals surface area contributed by atoms with Crippen LogP contribution in [-0.4, -0.2) is 20.1 Å². The van der Waals surface area contributed by atoms with Gasteiger partial charge in [0.2, 0.25) is 5.91 Å². The highest BCUT2D eigenvalue weighted by atomic mass is 16.5. The van der Waals surface area contributed by atoms with E-state index in [0.29, 0.717) is 11.5 Å². The van der Waals surface area contributed by atoms with Gasteiger partial charge in [0.1, 0.15) is 11.5 Å². The Morgan fingerprint density at radius 3 is 2.41 bits per heavy atom. The van der Waals surface area contributed by atoms with E-state index in [9.17, 15) is 4.79 Å². The van der Waals surface area contributed by atoms with E-state index < -0.39 is 0 Å². The molecule has 4 nitrogen and oxygen atoms in total. The van der Waals surface area contributed by atoms with Crippen molar-refractivity contribution in [3.05, 3.63) is 59.7 Å². The Morgan fingerprint density at radius 1 is 1.05 bits per heavy atom. The van der Waals surface area contributed by atoms with Gasteiger partial charge in [-0.15, -0.1) is 0 Å². The van der Waals surface area contributed by atoms with Crippen molar-refractivity contribution in [1.29, 1.82) is 0 Å². The van der Waals surface area contributed by atoms with Crippen molar-refractivity contribution in [2.75, 3.05) is 19.5 Å². The number of hydrogen-bond donors (Lipinski definition) is 1. The lowest BCUT2D eigenvalue weighted by atomic mass is 10.1. The van der Waals surface area contributed by atoms with Crippen LogP contribution in [0.15, 0.2) is 48.5 Å². The summed E-state index contributed by atoms with van der Waals surface area (Å²) >= 11 is 0. The number of hydrogen-bond acceptors (Lipinski definition) is 3. The van der Waals surface area contributed by atoms with Gasteiger partial charge in [-0.05, 0) is 37.3 Å². The van der Waals surface area contributed by atoms with Crippen LogP contribution in [0.1, 0.15) is 11.1 Å². The molecule has 0 aliphatic heterocycles. The zero-order valence-corrected chi connectivity index (χ0v) is 12.9. The largest absolute Gasteiger partial charge is 0.497 e. The van der Waals surface area contributed by atoms with Gasteiger partial charge in [0.05, 0.1) is 14.2 Å². The van der Waals surface area contributed by atoms with Crippen LogP contribution in [0.5, 0.6) is 11.5 Å². The Labute approximate surface area is 130 Å². The van der Waals surface area contributed by atoms with Gasteiger partial charge in [-0.1, -0.05) is 17.7 Å². The molecule has 0 fully saturated rings. The molecule has 0 heterocycles. The van der Waals surface area contributed by atoms with Crippen LogP contribution in [0, 0.1) is 6.92 Å². The van der Waals surface area contributed by atoms with E-state index in [0.717, 1.165) is 16.8 Å². The highest BCUT2D eigenvalue weighted by molar-refractivity contribution is 6.02. The third-order valence-electron chi connectivity index (χ3n) is 3.17. The monoisotopic (exact) mass is 297 g/mol. The van der Waals surface area contributed by atoms with Crippen LogP contribution in [0.3, 0.4) is 0 Å². The Hall–Kier alpha value is -2.75. The first-order valence-corrected chi connectivity index (χ1v) is 6.90. The van der Waals surface area contributed by atoms with Crippen LogP contribution in [0.25, 0.3) is 6.08 Å². The quantitative estimate of drug-likeness (QED) is 0.857. The predicted octanol–water partition coefficient (Wildman–Crippen LogP) is 3.66. The van der Waals surface area contributed by atoms with E-state index in [2.05, 4.69) is 5.32 Å². The van der Waals surface area contributed by atoms with Gasteiger partial charge in [0, 0.05) is 23.4 Å². The molecule has 4 heteroatoms. The summed E-state index contributed by atoms with van der Waals surface area (Å²) in [6.07, 6.45) is 3.19. The fourth-order valence-corrected chi connectivity index (χ4v) is 1.94. The van der Waals surface area contributed by atoms with Crippen molar-refractivity contribution in [2.45, 2.75) is 6.92 Å². The molecule has 0 aromatic heterocycles. The molecule has 0 unspecified atom stereocenters. The molecule has 22 heavy (non-hydrogen) atoms.